The number of rotatable bonds is 20. The van der Waals surface area contributed by atoms with Gasteiger partial charge in [0.1, 0.15) is 0 Å². The fourth-order valence-corrected chi connectivity index (χ4v) is 19.8. The predicted octanol–water partition coefficient (Wildman–Crippen LogP) is 8.55. The first-order chi connectivity index (χ1) is 43.9. The van der Waals surface area contributed by atoms with E-state index in [9.17, 15) is 50.4 Å². The minimum absolute atomic E-state index is 0.153. The SMILES string of the molecule is CC[C@@]1([C@@H]2O[C@@H]([C@H]3O[C@@](O)(CO)[C@H](C)C[C@@H]3C)C[C@@H]2C)CC[C@H]([C@]2(C)CC[C@]3(C[C@H](O)[C@@H](C)[C@@H]([C@@H](C)[C@@H](OC)[C@H](C)C(=O)O)O3)O2)O1.CC[C@@]1([C@@H]2O[C@@H]([C@H]3O[C@@](O)(CO)[C@H](C)C[C@@H]3C)C[C@@H]2C)CC[C@H]([C@]2(C)CC[C@]3(C[C@H](O)[C@@H](C)[C@@H]([C@@H](C)[C@@H](OC)[C@H](C)C(=O)O)O3)O2)O1. The summed E-state index contributed by atoms with van der Waals surface area (Å²) in [7, 11) is 3.05. The van der Waals surface area contributed by atoms with Crippen LogP contribution in [0.1, 0.15) is 214 Å². The highest BCUT2D eigenvalue weighted by atomic mass is 16.7. The molecule has 0 aromatic carbocycles. The maximum absolute atomic E-state index is 11.8. The molecule has 0 amide bonds. The second-order valence-corrected chi connectivity index (χ2v) is 32.6. The maximum Gasteiger partial charge on any atom is 0.308 e. The van der Waals surface area contributed by atoms with Gasteiger partial charge in [0, 0.05) is 75.4 Å². The Morgan fingerprint density at radius 2 is 0.862 bits per heavy atom. The van der Waals surface area contributed by atoms with Crippen molar-refractivity contribution in [3.05, 3.63) is 0 Å². The zero-order valence-corrected chi connectivity index (χ0v) is 60.0. The molecule has 0 radical (unpaired) electrons. The molecule has 0 aromatic heterocycles. The van der Waals surface area contributed by atoms with Crippen molar-refractivity contribution >= 4 is 11.9 Å². The molecule has 10 heterocycles. The number of carboxylic acid groups (broad SMARTS) is 2. The third-order valence-corrected chi connectivity index (χ3v) is 26.1. The average molecular weight is 1340 g/mol. The van der Waals surface area contributed by atoms with Crippen LogP contribution in [0, 0.1) is 71.0 Å². The zero-order chi connectivity index (χ0) is 69.4. The lowest BCUT2D eigenvalue weighted by atomic mass is 9.78. The Morgan fingerprint density at radius 3 is 1.17 bits per heavy atom. The quantitative estimate of drug-likeness (QED) is 0.0566. The lowest BCUT2D eigenvalue weighted by Gasteiger charge is -2.49. The Kier molecular flexibility index (Phi) is 23.5. The molecular formula is C72H124O22. The molecular weight excluding hydrogens is 1220 g/mol. The van der Waals surface area contributed by atoms with Gasteiger partial charge in [-0.15, -0.1) is 0 Å². The molecule has 22 heteroatoms. The Labute approximate surface area is 560 Å². The van der Waals surface area contributed by atoms with Crippen LogP contribution in [0.2, 0.25) is 0 Å². The molecule has 10 aliphatic rings. The third kappa shape index (κ3) is 14.3. The summed E-state index contributed by atoms with van der Waals surface area (Å²) in [5.74, 6) is -9.05. The van der Waals surface area contributed by atoms with Gasteiger partial charge in [0.15, 0.2) is 23.1 Å². The summed E-state index contributed by atoms with van der Waals surface area (Å²) >= 11 is 0. The molecule has 0 bridgehead atoms. The lowest BCUT2D eigenvalue weighted by molar-refractivity contribution is -0.336. The van der Waals surface area contributed by atoms with E-state index < -0.39 is 119 Å². The highest BCUT2D eigenvalue weighted by Gasteiger charge is 2.65. The number of aliphatic hydroxyl groups is 6. The standard InChI is InChI=1S/2C36H62O11/c2*1-10-34(31-20(3)16-26(43-31)28-19(2)15-21(4)36(41,18-37)46-28)12-11-27(44-34)33(8)13-14-35(47-33)17-25(38)22(5)30(45-35)23(6)29(42-9)24(7)32(39)40/h2*19-31,37-38,41H,10-18H2,1-9H3,(H,39,40)/t2*19-,20-,21+,22+,23-,24-,25-,26+,27+,28-,29+,30-,31+,33-,34-,35+,36-/m00/s1. The number of hydrogen-bond donors (Lipinski definition) is 8. The summed E-state index contributed by atoms with van der Waals surface area (Å²) in [4.78, 5) is 23.7. The number of carbonyl (C=O) groups is 2. The van der Waals surface area contributed by atoms with Gasteiger partial charge >= 0.3 is 11.9 Å². The van der Waals surface area contributed by atoms with Crippen molar-refractivity contribution in [3.8, 4) is 0 Å². The molecule has 0 saturated carbocycles. The monoisotopic (exact) mass is 1340 g/mol. The summed E-state index contributed by atoms with van der Waals surface area (Å²) in [6, 6.07) is 0. The van der Waals surface area contributed by atoms with Crippen LogP contribution >= 0.6 is 0 Å². The molecule has 0 unspecified atom stereocenters. The molecule has 22 nitrogen and oxygen atoms in total. The maximum atomic E-state index is 11.8. The molecule has 544 valence electrons. The first-order valence-electron chi connectivity index (χ1n) is 36.3. The van der Waals surface area contributed by atoms with Gasteiger partial charge in [-0.3, -0.25) is 9.59 Å². The van der Waals surface area contributed by atoms with E-state index in [0.717, 1.165) is 64.2 Å². The first kappa shape index (κ1) is 76.4. The summed E-state index contributed by atoms with van der Waals surface area (Å²) in [5, 5.41) is 83.7. The van der Waals surface area contributed by atoms with Crippen LogP contribution < -0.4 is 0 Å². The third-order valence-electron chi connectivity index (χ3n) is 26.1. The summed E-state index contributed by atoms with van der Waals surface area (Å²) in [6.45, 7) is 31.1. The minimum Gasteiger partial charge on any atom is -0.481 e. The Hall–Kier alpha value is -1.78. The molecule has 10 fully saturated rings. The van der Waals surface area contributed by atoms with Crippen molar-refractivity contribution in [2.45, 2.75) is 345 Å². The number of methoxy groups -OCH3 is 2. The van der Waals surface area contributed by atoms with Crippen molar-refractivity contribution in [1.82, 2.24) is 0 Å². The van der Waals surface area contributed by atoms with Gasteiger partial charge in [0.05, 0.1) is 133 Å². The van der Waals surface area contributed by atoms with E-state index in [1.54, 1.807) is 13.8 Å². The van der Waals surface area contributed by atoms with Gasteiger partial charge in [0.25, 0.3) is 0 Å². The van der Waals surface area contributed by atoms with Crippen LogP contribution in [0.5, 0.6) is 0 Å². The molecule has 0 aliphatic carbocycles. The number of ether oxygens (including phenoxy) is 12. The molecule has 2 spiro atoms. The van der Waals surface area contributed by atoms with Crippen LogP contribution in [0.15, 0.2) is 0 Å². The van der Waals surface area contributed by atoms with E-state index in [1.165, 1.54) is 14.2 Å². The number of aliphatic hydroxyl groups excluding tert-OH is 4. The van der Waals surface area contributed by atoms with Crippen LogP contribution in [0.4, 0.5) is 0 Å². The van der Waals surface area contributed by atoms with Crippen molar-refractivity contribution < 1.29 is 107 Å². The molecule has 8 N–H and O–H groups in total. The van der Waals surface area contributed by atoms with E-state index in [-0.39, 0.29) is 108 Å². The van der Waals surface area contributed by atoms with Crippen LogP contribution in [-0.4, -0.2) is 211 Å². The summed E-state index contributed by atoms with van der Waals surface area (Å²) < 4.78 is 78.8. The normalized spacial score (nSPS) is 50.9. The fraction of sp³-hybridized carbons (Fsp3) is 0.972. The van der Waals surface area contributed by atoms with Crippen molar-refractivity contribution in [3.63, 3.8) is 0 Å². The molecule has 94 heavy (non-hydrogen) atoms. The topological polar surface area (TPSA) is 307 Å². The second kappa shape index (κ2) is 28.9. The summed E-state index contributed by atoms with van der Waals surface area (Å²) in [6.07, 6.45) is 5.99. The Bertz CT molecular complexity index is 2380. The van der Waals surface area contributed by atoms with E-state index in [1.807, 2.05) is 41.5 Å². The highest BCUT2D eigenvalue weighted by molar-refractivity contribution is 5.70. The zero-order valence-electron chi connectivity index (χ0n) is 60.0. The van der Waals surface area contributed by atoms with Crippen molar-refractivity contribution in [2.24, 2.45) is 71.0 Å². The van der Waals surface area contributed by atoms with Crippen LogP contribution in [-0.2, 0) is 66.4 Å². The van der Waals surface area contributed by atoms with Gasteiger partial charge in [-0.25, -0.2) is 0 Å². The van der Waals surface area contributed by atoms with Gasteiger partial charge in [-0.05, 0) is 128 Å². The van der Waals surface area contributed by atoms with Gasteiger partial charge in [0.2, 0.25) is 0 Å². The molecule has 34 atom stereocenters. The minimum atomic E-state index is -1.56. The van der Waals surface area contributed by atoms with Crippen LogP contribution in [0.3, 0.4) is 0 Å². The second-order valence-electron chi connectivity index (χ2n) is 32.6. The largest absolute Gasteiger partial charge is 0.481 e. The smallest absolute Gasteiger partial charge is 0.308 e. The Balaban J connectivity index is 0.000000221. The van der Waals surface area contributed by atoms with E-state index in [2.05, 4.69) is 55.4 Å². The molecule has 10 saturated heterocycles. The van der Waals surface area contributed by atoms with Gasteiger partial charge in [-0.1, -0.05) is 83.1 Å². The Morgan fingerprint density at radius 1 is 0.511 bits per heavy atom. The lowest BCUT2D eigenvalue weighted by Crippen LogP contribution is -2.57. The summed E-state index contributed by atoms with van der Waals surface area (Å²) in [5.41, 5.74) is -2.29. The highest BCUT2D eigenvalue weighted by Crippen LogP contribution is 2.58. The number of carboxylic acids is 2. The fourth-order valence-electron chi connectivity index (χ4n) is 19.8. The molecule has 0 aromatic rings. The van der Waals surface area contributed by atoms with E-state index in [0.29, 0.717) is 38.5 Å². The van der Waals surface area contributed by atoms with Crippen LogP contribution in [0.25, 0.3) is 0 Å². The number of aliphatic carboxylic acids is 2. The average Bonchev–Trinajstić information content (AvgIpc) is 1.57. The van der Waals surface area contributed by atoms with Gasteiger partial charge in [-0.2, -0.15) is 0 Å². The van der Waals surface area contributed by atoms with Gasteiger partial charge < -0.3 is 97.7 Å². The predicted molar refractivity (Wildman–Crippen MR) is 345 cm³/mol. The van der Waals surface area contributed by atoms with Crippen molar-refractivity contribution in [1.29, 1.82) is 0 Å². The number of hydrogen-bond acceptors (Lipinski definition) is 20. The van der Waals surface area contributed by atoms with E-state index in [4.69, 9.17) is 56.8 Å². The molecule has 10 rings (SSSR count). The first-order valence-corrected chi connectivity index (χ1v) is 36.3. The van der Waals surface area contributed by atoms with Crippen molar-refractivity contribution in [2.75, 3.05) is 27.4 Å². The van der Waals surface area contributed by atoms with E-state index >= 15 is 0 Å². The molecule has 10 aliphatic heterocycles.